The molecule has 1 aromatic rings. The molecule has 0 spiro atoms. The zero-order valence-electron chi connectivity index (χ0n) is 9.43. The van der Waals surface area contributed by atoms with E-state index in [1.54, 1.807) is 14.0 Å². The van der Waals surface area contributed by atoms with Crippen LogP contribution < -0.4 is 0 Å². The van der Waals surface area contributed by atoms with E-state index in [1.165, 1.54) is 22.4 Å². The van der Waals surface area contributed by atoms with E-state index < -0.39 is 11.9 Å². The first-order valence-electron chi connectivity index (χ1n) is 4.82. The Labute approximate surface area is 97.7 Å². The highest BCUT2D eigenvalue weighted by molar-refractivity contribution is 7.13. The summed E-state index contributed by atoms with van der Waals surface area (Å²) in [5.74, 6) is -1.65. The van der Waals surface area contributed by atoms with Crippen molar-refractivity contribution in [3.63, 3.8) is 0 Å². The number of thiazole rings is 1. The van der Waals surface area contributed by atoms with Crippen LogP contribution >= 0.6 is 11.3 Å². The minimum Gasteiger partial charge on any atom is -0.481 e. The average molecular weight is 242 g/mol. The predicted molar refractivity (Wildman–Crippen MR) is 60.6 cm³/mol. The smallest absolute Gasteiger partial charge is 0.308 e. The Morgan fingerprint density at radius 1 is 1.62 bits per heavy atom. The summed E-state index contributed by atoms with van der Waals surface area (Å²) in [5.41, 5.74) is 0. The largest absolute Gasteiger partial charge is 0.481 e. The van der Waals surface area contributed by atoms with Crippen molar-refractivity contribution < 1.29 is 14.7 Å². The van der Waals surface area contributed by atoms with Crippen molar-refractivity contribution in [3.05, 3.63) is 16.1 Å². The van der Waals surface area contributed by atoms with Crippen LogP contribution in [0.4, 0.5) is 0 Å². The number of carboxylic acid groups (broad SMARTS) is 1. The highest BCUT2D eigenvalue weighted by Crippen LogP contribution is 2.14. The van der Waals surface area contributed by atoms with Crippen molar-refractivity contribution in [3.8, 4) is 0 Å². The van der Waals surface area contributed by atoms with Crippen molar-refractivity contribution in [1.82, 2.24) is 9.88 Å². The summed E-state index contributed by atoms with van der Waals surface area (Å²) >= 11 is 1.31. The molecule has 0 aromatic carbocycles. The zero-order chi connectivity index (χ0) is 12.3. The third-order valence-electron chi connectivity index (χ3n) is 2.15. The number of rotatable bonds is 4. The molecule has 1 amide bonds. The van der Waals surface area contributed by atoms with E-state index in [2.05, 4.69) is 4.98 Å². The fourth-order valence-corrected chi connectivity index (χ4v) is 1.99. The second-order valence-electron chi connectivity index (χ2n) is 3.67. The van der Waals surface area contributed by atoms with E-state index in [0.717, 1.165) is 5.01 Å². The Hall–Kier alpha value is -1.43. The lowest BCUT2D eigenvalue weighted by atomic mass is 10.2. The summed E-state index contributed by atoms with van der Waals surface area (Å²) in [7, 11) is 1.59. The fraction of sp³-hybridized carbons (Fsp3) is 0.500. The van der Waals surface area contributed by atoms with E-state index in [1.807, 2.05) is 6.92 Å². The lowest BCUT2D eigenvalue weighted by Crippen LogP contribution is -2.33. The molecular formula is C10H14N2O3S. The van der Waals surface area contributed by atoms with Gasteiger partial charge in [0.05, 0.1) is 17.1 Å². The van der Waals surface area contributed by atoms with Crippen LogP contribution in [0.3, 0.4) is 0 Å². The molecule has 5 nitrogen and oxygen atoms in total. The molecule has 1 N–H and O–H groups in total. The number of hydrogen-bond donors (Lipinski definition) is 1. The third kappa shape index (κ3) is 3.03. The molecule has 1 rings (SSSR count). The van der Waals surface area contributed by atoms with Crippen molar-refractivity contribution in [2.24, 2.45) is 5.92 Å². The molecular weight excluding hydrogens is 228 g/mol. The molecule has 1 unspecified atom stereocenters. The number of aromatic nitrogens is 1. The summed E-state index contributed by atoms with van der Waals surface area (Å²) in [5, 5.41) is 9.56. The van der Waals surface area contributed by atoms with Gasteiger partial charge in [-0.15, -0.1) is 11.3 Å². The standard InChI is InChI=1S/C10H14N2O3S/c1-6(10(14)15)5-12(3)9(13)8-4-11-7(2)16-8/h4,6H,5H2,1-3H3,(H,14,15). The summed E-state index contributed by atoms with van der Waals surface area (Å²) in [6.07, 6.45) is 1.52. The number of nitrogens with zero attached hydrogens (tertiary/aromatic N) is 2. The lowest BCUT2D eigenvalue weighted by Gasteiger charge is -2.18. The van der Waals surface area contributed by atoms with Crippen LogP contribution in [0.1, 0.15) is 21.6 Å². The van der Waals surface area contributed by atoms with Crippen molar-refractivity contribution in [1.29, 1.82) is 0 Å². The SMILES string of the molecule is Cc1ncc(C(=O)N(C)CC(C)C(=O)O)s1. The van der Waals surface area contributed by atoms with Crippen LogP contribution in [0.2, 0.25) is 0 Å². The molecule has 0 bridgehead atoms. The van der Waals surface area contributed by atoms with Crippen LogP contribution in [0, 0.1) is 12.8 Å². The Bertz CT molecular complexity index is 403. The second kappa shape index (κ2) is 5.07. The van der Waals surface area contributed by atoms with Gasteiger partial charge in [0.25, 0.3) is 5.91 Å². The molecule has 0 aliphatic carbocycles. The summed E-state index contributed by atoms with van der Waals surface area (Å²) in [6.45, 7) is 3.59. The van der Waals surface area contributed by atoms with Crippen LogP contribution in [-0.2, 0) is 4.79 Å². The van der Waals surface area contributed by atoms with Gasteiger partial charge in [0, 0.05) is 13.6 Å². The second-order valence-corrected chi connectivity index (χ2v) is 4.90. The van der Waals surface area contributed by atoms with Gasteiger partial charge in [-0.05, 0) is 6.92 Å². The van der Waals surface area contributed by atoms with Crippen LogP contribution in [0.5, 0.6) is 0 Å². The van der Waals surface area contributed by atoms with E-state index in [-0.39, 0.29) is 12.5 Å². The number of carbonyl (C=O) groups is 2. The first-order chi connectivity index (χ1) is 7.41. The van der Waals surface area contributed by atoms with E-state index >= 15 is 0 Å². The third-order valence-corrected chi connectivity index (χ3v) is 3.05. The zero-order valence-corrected chi connectivity index (χ0v) is 10.2. The average Bonchev–Trinajstić information content (AvgIpc) is 2.63. The quantitative estimate of drug-likeness (QED) is 0.862. The first kappa shape index (κ1) is 12.6. The number of aryl methyl sites for hydroxylation is 1. The molecule has 0 aliphatic rings. The van der Waals surface area contributed by atoms with Crippen LogP contribution in [0.15, 0.2) is 6.20 Å². The molecule has 1 atom stereocenters. The molecule has 0 saturated carbocycles. The van der Waals surface area contributed by atoms with Gasteiger partial charge in [-0.2, -0.15) is 0 Å². The monoisotopic (exact) mass is 242 g/mol. The Balaban J connectivity index is 2.64. The Morgan fingerprint density at radius 3 is 2.69 bits per heavy atom. The van der Waals surface area contributed by atoms with Gasteiger partial charge >= 0.3 is 5.97 Å². The van der Waals surface area contributed by atoms with Gasteiger partial charge in [-0.1, -0.05) is 6.92 Å². The Kier molecular flexibility index (Phi) is 4.00. The maximum absolute atomic E-state index is 11.8. The van der Waals surface area contributed by atoms with E-state index in [0.29, 0.717) is 4.88 Å². The topological polar surface area (TPSA) is 70.5 Å². The van der Waals surface area contributed by atoms with Crippen molar-refractivity contribution >= 4 is 23.2 Å². The van der Waals surface area contributed by atoms with Crippen molar-refractivity contribution in [2.45, 2.75) is 13.8 Å². The van der Waals surface area contributed by atoms with E-state index in [4.69, 9.17) is 5.11 Å². The van der Waals surface area contributed by atoms with Gasteiger partial charge in [0.15, 0.2) is 0 Å². The van der Waals surface area contributed by atoms with Gasteiger partial charge in [-0.3, -0.25) is 9.59 Å². The molecule has 1 aromatic heterocycles. The molecule has 1 heterocycles. The molecule has 16 heavy (non-hydrogen) atoms. The number of hydrogen-bond acceptors (Lipinski definition) is 4. The molecule has 0 fully saturated rings. The van der Waals surface area contributed by atoms with Crippen LogP contribution in [-0.4, -0.2) is 40.5 Å². The fourth-order valence-electron chi connectivity index (χ4n) is 1.22. The highest BCUT2D eigenvalue weighted by Gasteiger charge is 2.19. The molecule has 0 aliphatic heterocycles. The van der Waals surface area contributed by atoms with Gasteiger partial charge in [0.2, 0.25) is 0 Å². The van der Waals surface area contributed by atoms with Gasteiger partial charge < -0.3 is 10.0 Å². The van der Waals surface area contributed by atoms with Crippen LogP contribution in [0.25, 0.3) is 0 Å². The summed E-state index contributed by atoms with van der Waals surface area (Å²) in [4.78, 5) is 28.4. The number of carboxylic acids is 1. The van der Waals surface area contributed by atoms with Gasteiger partial charge in [-0.25, -0.2) is 4.98 Å². The Morgan fingerprint density at radius 2 is 2.25 bits per heavy atom. The minimum absolute atomic E-state index is 0.182. The van der Waals surface area contributed by atoms with E-state index in [9.17, 15) is 9.59 Å². The minimum atomic E-state index is -0.903. The first-order valence-corrected chi connectivity index (χ1v) is 5.64. The summed E-state index contributed by atoms with van der Waals surface area (Å²) < 4.78 is 0. The molecule has 0 radical (unpaired) electrons. The lowest BCUT2D eigenvalue weighted by molar-refractivity contribution is -0.141. The molecule has 88 valence electrons. The maximum Gasteiger partial charge on any atom is 0.308 e. The highest BCUT2D eigenvalue weighted by atomic mass is 32.1. The van der Waals surface area contributed by atoms with Crippen molar-refractivity contribution in [2.75, 3.05) is 13.6 Å². The molecule has 6 heteroatoms. The number of carbonyl (C=O) groups excluding carboxylic acids is 1. The normalized spacial score (nSPS) is 12.2. The molecule has 0 saturated heterocycles. The van der Waals surface area contributed by atoms with Gasteiger partial charge in [0.1, 0.15) is 4.88 Å². The predicted octanol–water partition coefficient (Wildman–Crippen LogP) is 1.24. The number of amides is 1. The number of aliphatic carboxylic acids is 1. The maximum atomic E-state index is 11.8. The summed E-state index contributed by atoms with van der Waals surface area (Å²) in [6, 6.07) is 0.